The highest BCUT2D eigenvalue weighted by molar-refractivity contribution is 5.93. The fourth-order valence-electron chi connectivity index (χ4n) is 3.16. The molecule has 1 amide bonds. The third kappa shape index (κ3) is 3.18. The molecule has 0 bridgehead atoms. The SMILES string of the molecule is CCNc1ncc(C(=O)N(C)C2CCCc3ccccc32)cn1. The Balaban J connectivity index is 1.80. The minimum absolute atomic E-state index is 0.0326. The third-order valence-corrected chi connectivity index (χ3v) is 4.36. The van der Waals surface area contributed by atoms with E-state index in [-0.39, 0.29) is 11.9 Å². The Bertz CT molecular complexity index is 684. The standard InChI is InChI=1S/C18H22N4O/c1-3-19-18-20-11-14(12-21-18)17(23)22(2)16-10-6-8-13-7-4-5-9-15(13)16/h4-5,7,9,11-12,16H,3,6,8,10H2,1-2H3,(H,19,20,21). The Morgan fingerprint density at radius 1 is 1.30 bits per heavy atom. The van der Waals surface area contributed by atoms with Gasteiger partial charge in [-0.05, 0) is 37.3 Å². The number of aromatic nitrogens is 2. The van der Waals surface area contributed by atoms with E-state index in [4.69, 9.17) is 0 Å². The Labute approximate surface area is 136 Å². The van der Waals surface area contributed by atoms with Gasteiger partial charge in [-0.1, -0.05) is 24.3 Å². The van der Waals surface area contributed by atoms with E-state index in [2.05, 4.69) is 33.5 Å². The van der Waals surface area contributed by atoms with Gasteiger partial charge in [0.1, 0.15) is 0 Å². The number of fused-ring (bicyclic) bond motifs is 1. The summed E-state index contributed by atoms with van der Waals surface area (Å²) in [6, 6.07) is 8.53. The summed E-state index contributed by atoms with van der Waals surface area (Å²) in [7, 11) is 1.87. The molecular formula is C18H22N4O. The number of rotatable bonds is 4. The number of anilines is 1. The smallest absolute Gasteiger partial charge is 0.257 e. The molecule has 0 aliphatic heterocycles. The quantitative estimate of drug-likeness (QED) is 0.943. The van der Waals surface area contributed by atoms with Crippen LogP contribution in [0.3, 0.4) is 0 Å². The Morgan fingerprint density at radius 3 is 2.78 bits per heavy atom. The van der Waals surface area contributed by atoms with Crippen molar-refractivity contribution >= 4 is 11.9 Å². The van der Waals surface area contributed by atoms with Gasteiger partial charge in [0.15, 0.2) is 0 Å². The zero-order valence-electron chi connectivity index (χ0n) is 13.6. The first-order valence-electron chi connectivity index (χ1n) is 8.11. The van der Waals surface area contributed by atoms with Crippen molar-refractivity contribution in [2.45, 2.75) is 32.2 Å². The second kappa shape index (κ2) is 6.77. The van der Waals surface area contributed by atoms with Crippen LogP contribution in [-0.2, 0) is 6.42 Å². The van der Waals surface area contributed by atoms with Crippen LogP contribution >= 0.6 is 0 Å². The highest BCUT2D eigenvalue weighted by atomic mass is 16.2. The van der Waals surface area contributed by atoms with Crippen LogP contribution in [0, 0.1) is 0 Å². The third-order valence-electron chi connectivity index (χ3n) is 4.36. The summed E-state index contributed by atoms with van der Waals surface area (Å²) in [5.41, 5.74) is 3.14. The number of nitrogens with zero attached hydrogens (tertiary/aromatic N) is 3. The van der Waals surface area contributed by atoms with E-state index in [1.807, 2.05) is 24.9 Å². The molecule has 5 heteroatoms. The molecule has 1 aliphatic rings. The van der Waals surface area contributed by atoms with Crippen molar-refractivity contribution in [2.75, 3.05) is 18.9 Å². The molecule has 5 nitrogen and oxygen atoms in total. The van der Waals surface area contributed by atoms with Gasteiger partial charge in [0.25, 0.3) is 5.91 Å². The zero-order chi connectivity index (χ0) is 16.2. The van der Waals surface area contributed by atoms with Crippen LogP contribution in [-0.4, -0.2) is 34.4 Å². The first kappa shape index (κ1) is 15.5. The molecule has 1 N–H and O–H groups in total. The largest absolute Gasteiger partial charge is 0.355 e. The molecule has 120 valence electrons. The number of nitrogens with one attached hydrogen (secondary N) is 1. The van der Waals surface area contributed by atoms with Gasteiger partial charge >= 0.3 is 0 Å². The van der Waals surface area contributed by atoms with Crippen molar-refractivity contribution in [1.29, 1.82) is 0 Å². The van der Waals surface area contributed by atoms with Crippen LogP contribution < -0.4 is 5.32 Å². The molecule has 0 saturated heterocycles. The average molecular weight is 310 g/mol. The van der Waals surface area contributed by atoms with Crippen molar-refractivity contribution in [3.63, 3.8) is 0 Å². The predicted molar refractivity (Wildman–Crippen MR) is 90.4 cm³/mol. The van der Waals surface area contributed by atoms with E-state index in [0.717, 1.165) is 25.8 Å². The topological polar surface area (TPSA) is 58.1 Å². The lowest BCUT2D eigenvalue weighted by Gasteiger charge is -2.33. The molecule has 1 atom stereocenters. The van der Waals surface area contributed by atoms with E-state index in [1.54, 1.807) is 12.4 Å². The summed E-state index contributed by atoms with van der Waals surface area (Å²) < 4.78 is 0. The second-order valence-electron chi connectivity index (χ2n) is 5.85. The maximum absolute atomic E-state index is 12.7. The van der Waals surface area contributed by atoms with Gasteiger partial charge in [-0.2, -0.15) is 0 Å². The molecule has 1 aromatic carbocycles. The summed E-state index contributed by atoms with van der Waals surface area (Å²) in [5.74, 6) is 0.518. The van der Waals surface area contributed by atoms with E-state index < -0.39 is 0 Å². The van der Waals surface area contributed by atoms with Gasteiger partial charge in [0.2, 0.25) is 5.95 Å². The molecule has 0 radical (unpaired) electrons. The van der Waals surface area contributed by atoms with Gasteiger partial charge in [-0.3, -0.25) is 4.79 Å². The van der Waals surface area contributed by atoms with Gasteiger partial charge < -0.3 is 10.2 Å². The van der Waals surface area contributed by atoms with Crippen LogP contribution in [0.4, 0.5) is 5.95 Å². The highest BCUT2D eigenvalue weighted by Gasteiger charge is 2.27. The number of amides is 1. The first-order chi connectivity index (χ1) is 11.2. The summed E-state index contributed by atoms with van der Waals surface area (Å²) in [5, 5.41) is 3.03. The van der Waals surface area contributed by atoms with Gasteiger partial charge in [0.05, 0.1) is 11.6 Å². The normalized spacial score (nSPS) is 16.5. The molecule has 1 aromatic heterocycles. The number of benzene rings is 1. The van der Waals surface area contributed by atoms with Gasteiger partial charge in [0, 0.05) is 26.0 Å². The summed E-state index contributed by atoms with van der Waals surface area (Å²) >= 11 is 0. The lowest BCUT2D eigenvalue weighted by molar-refractivity contribution is 0.0714. The second-order valence-corrected chi connectivity index (χ2v) is 5.85. The fourth-order valence-corrected chi connectivity index (χ4v) is 3.16. The number of carbonyl (C=O) groups is 1. The number of hydrogen-bond acceptors (Lipinski definition) is 4. The predicted octanol–water partition coefficient (Wildman–Crippen LogP) is 3.06. The van der Waals surface area contributed by atoms with Crippen LogP contribution in [0.2, 0.25) is 0 Å². The number of aryl methyl sites for hydroxylation is 1. The minimum atomic E-state index is -0.0326. The van der Waals surface area contributed by atoms with Crippen molar-refractivity contribution in [2.24, 2.45) is 0 Å². The molecule has 2 aromatic rings. The molecule has 0 fully saturated rings. The van der Waals surface area contributed by atoms with Crippen molar-refractivity contribution < 1.29 is 4.79 Å². The maximum Gasteiger partial charge on any atom is 0.257 e. The molecule has 0 spiro atoms. The molecule has 3 rings (SSSR count). The summed E-state index contributed by atoms with van der Waals surface area (Å²) in [6.07, 6.45) is 6.39. The monoisotopic (exact) mass is 310 g/mol. The van der Waals surface area contributed by atoms with Crippen molar-refractivity contribution in [3.8, 4) is 0 Å². The highest BCUT2D eigenvalue weighted by Crippen LogP contribution is 2.34. The molecule has 0 saturated carbocycles. The Hall–Kier alpha value is -2.43. The molecule has 23 heavy (non-hydrogen) atoms. The van der Waals surface area contributed by atoms with E-state index in [9.17, 15) is 4.79 Å². The van der Waals surface area contributed by atoms with Crippen LogP contribution in [0.15, 0.2) is 36.7 Å². The lowest BCUT2D eigenvalue weighted by atomic mass is 9.87. The molecule has 1 aliphatic carbocycles. The van der Waals surface area contributed by atoms with Crippen LogP contribution in [0.5, 0.6) is 0 Å². The molecule has 1 heterocycles. The lowest BCUT2D eigenvalue weighted by Crippen LogP contribution is -2.33. The molecule has 1 unspecified atom stereocenters. The van der Waals surface area contributed by atoms with Gasteiger partial charge in [-0.15, -0.1) is 0 Å². The van der Waals surface area contributed by atoms with E-state index in [1.165, 1.54) is 11.1 Å². The number of carbonyl (C=O) groups excluding carboxylic acids is 1. The number of hydrogen-bond donors (Lipinski definition) is 1. The summed E-state index contributed by atoms with van der Waals surface area (Å²) in [6.45, 7) is 2.74. The Kier molecular flexibility index (Phi) is 4.55. The van der Waals surface area contributed by atoms with Crippen LogP contribution in [0.25, 0.3) is 0 Å². The van der Waals surface area contributed by atoms with Crippen molar-refractivity contribution in [3.05, 3.63) is 53.3 Å². The van der Waals surface area contributed by atoms with Gasteiger partial charge in [-0.25, -0.2) is 9.97 Å². The van der Waals surface area contributed by atoms with E-state index in [0.29, 0.717) is 11.5 Å². The minimum Gasteiger partial charge on any atom is -0.355 e. The average Bonchev–Trinajstić information content (AvgIpc) is 2.61. The maximum atomic E-state index is 12.7. The van der Waals surface area contributed by atoms with E-state index >= 15 is 0 Å². The first-order valence-corrected chi connectivity index (χ1v) is 8.11. The van der Waals surface area contributed by atoms with Crippen molar-refractivity contribution in [1.82, 2.24) is 14.9 Å². The van der Waals surface area contributed by atoms with Crippen LogP contribution in [0.1, 0.15) is 47.3 Å². The fraction of sp³-hybridized carbons (Fsp3) is 0.389. The molecular weight excluding hydrogens is 288 g/mol. The summed E-state index contributed by atoms with van der Waals surface area (Å²) in [4.78, 5) is 23.0. The Morgan fingerprint density at radius 2 is 2.04 bits per heavy atom. The zero-order valence-corrected chi connectivity index (χ0v) is 13.6.